The average Bonchev–Trinajstić information content (AvgIpc) is 3.22. The summed E-state index contributed by atoms with van der Waals surface area (Å²) in [6.07, 6.45) is -0.316. The lowest BCUT2D eigenvalue weighted by atomic mass is 9.75. The van der Waals surface area contributed by atoms with E-state index in [4.69, 9.17) is 4.74 Å². The second-order valence-electron chi connectivity index (χ2n) is 11.3. The van der Waals surface area contributed by atoms with Crippen molar-refractivity contribution in [1.29, 1.82) is 0 Å². The molecule has 1 N–H and O–H groups in total. The number of benzene rings is 4. The number of amides is 1. The molecule has 0 aromatic heterocycles. The Morgan fingerprint density at radius 1 is 0.786 bits per heavy atom. The summed E-state index contributed by atoms with van der Waals surface area (Å²) in [6.45, 7) is 7.39. The van der Waals surface area contributed by atoms with Crippen molar-refractivity contribution in [1.82, 2.24) is 4.72 Å². The molecule has 7 heteroatoms. The Morgan fingerprint density at radius 3 is 1.69 bits per heavy atom. The molecule has 1 amide bonds. The molecule has 1 aliphatic heterocycles. The van der Waals surface area contributed by atoms with Crippen molar-refractivity contribution in [2.75, 3.05) is 11.5 Å². The van der Waals surface area contributed by atoms with E-state index >= 15 is 4.79 Å². The smallest absolute Gasteiger partial charge is 0.308 e. The Balaban J connectivity index is 1.87. The second kappa shape index (κ2) is 11.7. The largest absolute Gasteiger partial charge is 0.466 e. The van der Waals surface area contributed by atoms with Crippen LogP contribution in [0.25, 0.3) is 0 Å². The fourth-order valence-electron chi connectivity index (χ4n) is 5.75. The van der Waals surface area contributed by atoms with Crippen LogP contribution in [0.2, 0.25) is 0 Å². The molecule has 0 saturated carbocycles. The summed E-state index contributed by atoms with van der Waals surface area (Å²) >= 11 is 0. The molecule has 1 heterocycles. The van der Waals surface area contributed by atoms with Crippen LogP contribution in [0, 0.1) is 0 Å². The predicted molar refractivity (Wildman–Crippen MR) is 167 cm³/mol. The van der Waals surface area contributed by atoms with E-state index in [-0.39, 0.29) is 18.9 Å². The first-order chi connectivity index (χ1) is 20.2. The molecule has 0 radical (unpaired) electrons. The third kappa shape index (κ3) is 4.97. The van der Waals surface area contributed by atoms with Crippen LogP contribution in [0.15, 0.2) is 115 Å². The van der Waals surface area contributed by atoms with Crippen molar-refractivity contribution in [3.8, 4) is 0 Å². The van der Waals surface area contributed by atoms with Crippen molar-refractivity contribution < 1.29 is 18.5 Å². The van der Waals surface area contributed by atoms with E-state index in [0.29, 0.717) is 11.3 Å². The maximum atomic E-state index is 15.4. The molecule has 0 spiro atoms. The zero-order chi connectivity index (χ0) is 30.0. The molecule has 2 atom stereocenters. The van der Waals surface area contributed by atoms with Gasteiger partial charge in [-0.25, -0.2) is 8.93 Å². The van der Waals surface area contributed by atoms with Crippen LogP contribution in [0.1, 0.15) is 56.4 Å². The van der Waals surface area contributed by atoms with Crippen molar-refractivity contribution in [2.45, 2.75) is 49.9 Å². The average molecular weight is 581 g/mol. The summed E-state index contributed by atoms with van der Waals surface area (Å²) in [5.41, 5.74) is 1.05. The topological polar surface area (TPSA) is 75.7 Å². The van der Waals surface area contributed by atoms with Crippen LogP contribution in [0.4, 0.5) is 5.69 Å². The molecule has 1 aliphatic rings. The lowest BCUT2D eigenvalue weighted by molar-refractivity contribution is -0.147. The molecule has 0 bridgehead atoms. The second-order valence-corrected chi connectivity index (χ2v) is 13.3. The summed E-state index contributed by atoms with van der Waals surface area (Å²) in [7, 11) is -1.70. The minimum Gasteiger partial charge on any atom is -0.466 e. The molecule has 6 nitrogen and oxygen atoms in total. The molecule has 1 unspecified atom stereocenters. The van der Waals surface area contributed by atoms with E-state index in [1.165, 1.54) is 0 Å². The maximum Gasteiger partial charge on any atom is 0.308 e. The van der Waals surface area contributed by atoms with Crippen LogP contribution in [0.5, 0.6) is 0 Å². The van der Waals surface area contributed by atoms with Crippen LogP contribution < -0.4 is 9.62 Å². The molecule has 42 heavy (non-hydrogen) atoms. The zero-order valence-electron chi connectivity index (χ0n) is 24.4. The summed E-state index contributed by atoms with van der Waals surface area (Å²) in [5.74, 6) is -0.934. The van der Waals surface area contributed by atoms with Crippen LogP contribution in [-0.2, 0) is 36.4 Å². The number of ether oxygens (including phenoxy) is 1. The Kier molecular flexibility index (Phi) is 8.17. The highest BCUT2D eigenvalue weighted by Gasteiger charge is 2.60. The molecule has 216 valence electrons. The van der Waals surface area contributed by atoms with E-state index in [1.54, 1.807) is 11.8 Å². The highest BCUT2D eigenvalue weighted by atomic mass is 32.2. The van der Waals surface area contributed by atoms with Gasteiger partial charge in [-0.15, -0.1) is 0 Å². The van der Waals surface area contributed by atoms with Gasteiger partial charge >= 0.3 is 5.97 Å². The number of hydrogen-bond donors (Lipinski definition) is 1. The summed E-state index contributed by atoms with van der Waals surface area (Å²) in [6, 6.07) is 37.1. The predicted octanol–water partition coefficient (Wildman–Crippen LogP) is 6.23. The van der Waals surface area contributed by atoms with E-state index in [0.717, 1.165) is 16.7 Å². The van der Waals surface area contributed by atoms with Crippen molar-refractivity contribution in [3.05, 3.63) is 138 Å². The van der Waals surface area contributed by atoms with E-state index in [2.05, 4.69) is 4.72 Å². The molecule has 4 aromatic carbocycles. The van der Waals surface area contributed by atoms with Gasteiger partial charge in [-0.2, -0.15) is 0 Å². The molecule has 0 saturated heterocycles. The number of anilines is 1. The normalized spacial score (nSPS) is 17.5. The Labute approximate surface area is 250 Å². The number of carbonyl (C=O) groups excluding carboxylic acids is 2. The SMILES string of the molecule is CCOC(=O)C[C@@]1(NS(=O)C(C)(C)C)C(=O)N(C(c2ccccc2)(c2ccccc2)c2ccccc2)c2ccccc21. The van der Waals surface area contributed by atoms with Gasteiger partial charge in [0.25, 0.3) is 5.91 Å². The van der Waals surface area contributed by atoms with Crippen LogP contribution in [-0.4, -0.2) is 27.4 Å². The number of hydrogen-bond acceptors (Lipinski definition) is 4. The van der Waals surface area contributed by atoms with Crippen molar-refractivity contribution >= 4 is 28.5 Å². The zero-order valence-corrected chi connectivity index (χ0v) is 25.2. The van der Waals surface area contributed by atoms with Gasteiger partial charge in [0.1, 0.15) is 11.1 Å². The number of esters is 1. The Morgan fingerprint density at radius 2 is 1.24 bits per heavy atom. The molecule has 0 fully saturated rings. The van der Waals surface area contributed by atoms with Crippen molar-refractivity contribution in [2.24, 2.45) is 0 Å². The summed E-state index contributed by atoms with van der Waals surface area (Å²) in [5, 5.41) is 0. The molecule has 4 aromatic rings. The fourth-order valence-corrected chi connectivity index (χ4v) is 6.64. The lowest BCUT2D eigenvalue weighted by Crippen LogP contribution is -2.59. The number of carbonyl (C=O) groups is 2. The highest BCUT2D eigenvalue weighted by molar-refractivity contribution is 7.84. The van der Waals surface area contributed by atoms with Gasteiger partial charge in [0.05, 0.1) is 34.4 Å². The number of nitrogens with zero attached hydrogens (tertiary/aromatic N) is 1. The first-order valence-electron chi connectivity index (χ1n) is 14.1. The Hall–Kier alpha value is -4.07. The third-order valence-corrected chi connectivity index (χ3v) is 9.27. The maximum absolute atomic E-state index is 15.4. The summed E-state index contributed by atoms with van der Waals surface area (Å²) < 4.78 is 21.6. The quantitative estimate of drug-likeness (QED) is 0.188. The third-order valence-electron chi connectivity index (χ3n) is 7.62. The van der Waals surface area contributed by atoms with Crippen LogP contribution in [0.3, 0.4) is 0 Å². The molecule has 5 rings (SSSR count). The minimum absolute atomic E-state index is 0.165. The van der Waals surface area contributed by atoms with E-state index < -0.39 is 32.8 Å². The highest BCUT2D eigenvalue weighted by Crippen LogP contribution is 2.53. The molecular weight excluding hydrogens is 544 g/mol. The van der Waals surface area contributed by atoms with Gasteiger partial charge in [0.15, 0.2) is 0 Å². The van der Waals surface area contributed by atoms with Crippen LogP contribution >= 0.6 is 0 Å². The standard InChI is InChI=1S/C35H36N2O4S/c1-5-41-31(38)25-34(36-42(40)33(2,3)4)29-23-15-16-24-30(29)37(32(34)39)35(26-17-9-6-10-18-26,27-19-11-7-12-20-27)28-21-13-8-14-22-28/h6-24,36H,5,25H2,1-4H3/t34-,42?/m0/s1. The monoisotopic (exact) mass is 580 g/mol. The summed E-state index contributed by atoms with van der Waals surface area (Å²) in [4.78, 5) is 30.4. The van der Waals surface area contributed by atoms with Gasteiger partial charge < -0.3 is 4.74 Å². The Bertz CT molecular complexity index is 1490. The molecule has 0 aliphatic carbocycles. The lowest BCUT2D eigenvalue weighted by Gasteiger charge is -2.45. The first-order valence-corrected chi connectivity index (χ1v) is 15.3. The van der Waals surface area contributed by atoms with Gasteiger partial charge in [-0.1, -0.05) is 109 Å². The minimum atomic E-state index is -1.70. The van der Waals surface area contributed by atoms with Crippen molar-refractivity contribution in [3.63, 3.8) is 0 Å². The first kappa shape index (κ1) is 29.4. The van der Waals surface area contributed by atoms with Gasteiger partial charge in [0, 0.05) is 5.56 Å². The van der Waals surface area contributed by atoms with Gasteiger partial charge in [-0.3, -0.25) is 14.5 Å². The molecular formula is C35H36N2O4S. The number of para-hydroxylation sites is 1. The fraction of sp³-hybridized carbons (Fsp3) is 0.257. The van der Waals surface area contributed by atoms with Gasteiger partial charge in [-0.05, 0) is 50.5 Å². The number of nitrogens with one attached hydrogen (secondary N) is 1. The van der Waals surface area contributed by atoms with E-state index in [9.17, 15) is 9.00 Å². The number of fused-ring (bicyclic) bond motifs is 1. The van der Waals surface area contributed by atoms with Gasteiger partial charge in [0.2, 0.25) is 0 Å². The van der Waals surface area contributed by atoms with E-state index in [1.807, 2.05) is 136 Å². The number of rotatable bonds is 9.